The average Bonchev–Trinajstić information content (AvgIpc) is 3.19. The number of nitrogens with zero attached hydrogens (tertiary/aromatic N) is 3. The molecule has 0 bridgehead atoms. The van der Waals surface area contributed by atoms with E-state index >= 15 is 0 Å². The van der Waals surface area contributed by atoms with E-state index in [1.54, 1.807) is 11.0 Å². The number of hydrogen-bond donors (Lipinski definition) is 0. The summed E-state index contributed by atoms with van der Waals surface area (Å²) in [5, 5.41) is 11.1. The number of nitro groups is 1. The standard InChI is InChI=1S/C20H27N3O5/c1-14-9-15(2)12-22(11-14)19(24)13-28-20(25)17-10-16(23(26)27)5-6-18(17)21-7-3-4-8-21/h5-6,10,14-15H,3-4,7-9,11-13H2,1-2H3/t14-,15-/m0/s1. The van der Waals surface area contributed by atoms with E-state index in [9.17, 15) is 19.7 Å². The van der Waals surface area contributed by atoms with E-state index < -0.39 is 10.9 Å². The molecule has 1 amide bonds. The molecule has 8 nitrogen and oxygen atoms in total. The number of nitro benzene ring substituents is 1. The lowest BCUT2D eigenvalue weighted by atomic mass is 9.92. The molecule has 28 heavy (non-hydrogen) atoms. The maximum absolute atomic E-state index is 12.7. The first kappa shape index (κ1) is 20.1. The van der Waals surface area contributed by atoms with E-state index in [-0.39, 0.29) is 23.8 Å². The van der Waals surface area contributed by atoms with Gasteiger partial charge in [-0.15, -0.1) is 0 Å². The van der Waals surface area contributed by atoms with Gasteiger partial charge < -0.3 is 14.5 Å². The van der Waals surface area contributed by atoms with Crippen LogP contribution >= 0.6 is 0 Å². The van der Waals surface area contributed by atoms with Gasteiger partial charge in [0.15, 0.2) is 6.61 Å². The van der Waals surface area contributed by atoms with Crippen LogP contribution in [-0.2, 0) is 9.53 Å². The Morgan fingerprint density at radius 1 is 1.18 bits per heavy atom. The van der Waals surface area contributed by atoms with Crippen molar-refractivity contribution < 1.29 is 19.2 Å². The van der Waals surface area contributed by atoms with Crippen LogP contribution in [0.3, 0.4) is 0 Å². The van der Waals surface area contributed by atoms with E-state index in [1.807, 2.05) is 4.90 Å². The summed E-state index contributed by atoms with van der Waals surface area (Å²) in [5.41, 5.74) is 0.602. The highest BCUT2D eigenvalue weighted by Crippen LogP contribution is 2.29. The van der Waals surface area contributed by atoms with Gasteiger partial charge in [0.2, 0.25) is 0 Å². The molecular weight excluding hydrogens is 362 g/mol. The molecule has 2 fully saturated rings. The van der Waals surface area contributed by atoms with Gasteiger partial charge in [-0.1, -0.05) is 13.8 Å². The summed E-state index contributed by atoms with van der Waals surface area (Å²) in [5.74, 6) is -0.0825. The number of ether oxygens (including phenoxy) is 1. The van der Waals surface area contributed by atoms with Gasteiger partial charge in [0.05, 0.1) is 16.2 Å². The molecule has 0 aromatic heterocycles. The van der Waals surface area contributed by atoms with Gasteiger partial charge in [-0.2, -0.15) is 0 Å². The van der Waals surface area contributed by atoms with Crippen LogP contribution in [0.15, 0.2) is 18.2 Å². The van der Waals surface area contributed by atoms with Crippen LogP contribution in [-0.4, -0.2) is 54.5 Å². The van der Waals surface area contributed by atoms with Crippen molar-refractivity contribution >= 4 is 23.3 Å². The second kappa shape index (κ2) is 8.58. The van der Waals surface area contributed by atoms with Crippen LogP contribution in [0.2, 0.25) is 0 Å². The Morgan fingerprint density at radius 2 is 1.82 bits per heavy atom. The summed E-state index contributed by atoms with van der Waals surface area (Å²) in [4.78, 5) is 39.5. The topological polar surface area (TPSA) is 93.0 Å². The molecule has 0 saturated carbocycles. The van der Waals surface area contributed by atoms with Gasteiger partial charge in [0.1, 0.15) is 0 Å². The van der Waals surface area contributed by atoms with E-state index in [2.05, 4.69) is 13.8 Å². The zero-order valence-electron chi connectivity index (χ0n) is 16.4. The number of amides is 1. The minimum Gasteiger partial charge on any atom is -0.452 e. The predicted molar refractivity (Wildman–Crippen MR) is 104 cm³/mol. The number of carbonyl (C=O) groups excluding carboxylic acids is 2. The van der Waals surface area contributed by atoms with Crippen LogP contribution in [0.25, 0.3) is 0 Å². The summed E-state index contributed by atoms with van der Waals surface area (Å²) >= 11 is 0. The molecule has 2 aliphatic rings. The van der Waals surface area contributed by atoms with Gasteiger partial charge in [-0.3, -0.25) is 14.9 Å². The summed E-state index contributed by atoms with van der Waals surface area (Å²) in [6.45, 7) is 6.77. The third-order valence-corrected chi connectivity index (χ3v) is 5.41. The van der Waals surface area contributed by atoms with E-state index in [1.165, 1.54) is 12.1 Å². The number of hydrogen-bond acceptors (Lipinski definition) is 6. The first-order valence-corrected chi connectivity index (χ1v) is 9.83. The second-order valence-electron chi connectivity index (χ2n) is 7.97. The molecule has 1 aromatic rings. The maximum Gasteiger partial charge on any atom is 0.341 e. The fourth-order valence-electron chi connectivity index (χ4n) is 4.20. The molecule has 0 unspecified atom stereocenters. The number of rotatable bonds is 5. The second-order valence-corrected chi connectivity index (χ2v) is 7.97. The fourth-order valence-corrected chi connectivity index (χ4v) is 4.20. The number of non-ortho nitro benzene ring substituents is 1. The number of anilines is 1. The zero-order chi connectivity index (χ0) is 20.3. The molecule has 0 aliphatic carbocycles. The minimum atomic E-state index is -0.697. The summed E-state index contributed by atoms with van der Waals surface area (Å²) in [6, 6.07) is 4.23. The highest BCUT2D eigenvalue weighted by Gasteiger charge is 2.27. The molecule has 2 aliphatic heterocycles. The van der Waals surface area contributed by atoms with Gasteiger partial charge in [-0.25, -0.2) is 4.79 Å². The van der Waals surface area contributed by atoms with Gasteiger partial charge >= 0.3 is 5.97 Å². The summed E-state index contributed by atoms with van der Waals surface area (Å²) < 4.78 is 5.27. The molecule has 3 rings (SSSR count). The Hall–Kier alpha value is -2.64. The molecule has 2 heterocycles. The summed E-state index contributed by atoms with van der Waals surface area (Å²) in [7, 11) is 0. The maximum atomic E-state index is 12.7. The first-order chi connectivity index (χ1) is 13.3. The molecular formula is C20H27N3O5. The lowest BCUT2D eigenvalue weighted by Crippen LogP contribution is -2.44. The number of piperidine rings is 1. The predicted octanol–water partition coefficient (Wildman–Crippen LogP) is 2.86. The van der Waals surface area contributed by atoms with E-state index in [4.69, 9.17) is 4.74 Å². The Labute approximate surface area is 164 Å². The lowest BCUT2D eigenvalue weighted by molar-refractivity contribution is -0.384. The molecule has 8 heteroatoms. The van der Waals surface area contributed by atoms with Crippen molar-refractivity contribution in [2.75, 3.05) is 37.7 Å². The van der Waals surface area contributed by atoms with Crippen LogP contribution in [0.4, 0.5) is 11.4 Å². The molecule has 1 aromatic carbocycles. The van der Waals surface area contributed by atoms with Crippen molar-refractivity contribution in [1.82, 2.24) is 4.90 Å². The van der Waals surface area contributed by atoms with Crippen LogP contribution in [0.1, 0.15) is 43.5 Å². The Kier molecular flexibility index (Phi) is 6.16. The van der Waals surface area contributed by atoms with Crippen molar-refractivity contribution in [2.45, 2.75) is 33.1 Å². The molecule has 152 valence electrons. The molecule has 0 spiro atoms. The normalized spacial score (nSPS) is 22.2. The van der Waals surface area contributed by atoms with Crippen LogP contribution in [0.5, 0.6) is 0 Å². The smallest absolute Gasteiger partial charge is 0.341 e. The SMILES string of the molecule is C[C@H]1C[C@H](C)CN(C(=O)COC(=O)c2cc([N+](=O)[O-])ccc2N2CCCC2)C1. The van der Waals surface area contributed by atoms with Crippen molar-refractivity contribution in [1.29, 1.82) is 0 Å². The third kappa shape index (κ3) is 4.61. The van der Waals surface area contributed by atoms with Crippen molar-refractivity contribution in [3.63, 3.8) is 0 Å². The number of carbonyl (C=O) groups is 2. The number of benzene rings is 1. The molecule has 2 saturated heterocycles. The lowest BCUT2D eigenvalue weighted by Gasteiger charge is -2.34. The Balaban J connectivity index is 1.71. The monoisotopic (exact) mass is 389 g/mol. The molecule has 2 atom stereocenters. The van der Waals surface area contributed by atoms with Crippen LogP contribution in [0, 0.1) is 22.0 Å². The number of esters is 1. The largest absolute Gasteiger partial charge is 0.452 e. The van der Waals surface area contributed by atoms with Crippen molar-refractivity contribution in [3.8, 4) is 0 Å². The quantitative estimate of drug-likeness (QED) is 0.437. The minimum absolute atomic E-state index is 0.143. The Morgan fingerprint density at radius 3 is 2.43 bits per heavy atom. The molecule has 0 N–H and O–H groups in total. The zero-order valence-corrected chi connectivity index (χ0v) is 16.4. The van der Waals surface area contributed by atoms with Crippen molar-refractivity contribution in [3.05, 3.63) is 33.9 Å². The first-order valence-electron chi connectivity index (χ1n) is 9.83. The van der Waals surface area contributed by atoms with Gasteiger partial charge in [0.25, 0.3) is 11.6 Å². The average molecular weight is 389 g/mol. The van der Waals surface area contributed by atoms with E-state index in [0.29, 0.717) is 30.6 Å². The van der Waals surface area contributed by atoms with Crippen LogP contribution < -0.4 is 4.90 Å². The van der Waals surface area contributed by atoms with Gasteiger partial charge in [-0.05, 0) is 37.2 Å². The third-order valence-electron chi connectivity index (χ3n) is 5.41. The number of likely N-dealkylation sites (tertiary alicyclic amines) is 1. The molecule has 0 radical (unpaired) electrons. The highest BCUT2D eigenvalue weighted by molar-refractivity contribution is 5.97. The summed E-state index contributed by atoms with van der Waals surface area (Å²) in [6.07, 6.45) is 3.10. The Bertz CT molecular complexity index is 750. The van der Waals surface area contributed by atoms with E-state index in [0.717, 1.165) is 32.4 Å². The highest BCUT2D eigenvalue weighted by atomic mass is 16.6. The van der Waals surface area contributed by atoms with Crippen molar-refractivity contribution in [2.24, 2.45) is 11.8 Å². The fraction of sp³-hybridized carbons (Fsp3) is 0.600. The van der Waals surface area contributed by atoms with Gasteiger partial charge in [0, 0.05) is 38.3 Å².